The molecule has 5 heteroatoms. The zero-order chi connectivity index (χ0) is 15.9. The number of likely N-dealkylation sites (N-methyl/N-ethyl adjacent to an activating group) is 1. The molecule has 22 heavy (non-hydrogen) atoms. The van der Waals surface area contributed by atoms with Crippen molar-refractivity contribution >= 4 is 5.90 Å². The van der Waals surface area contributed by atoms with Crippen LogP contribution in [0.1, 0.15) is 36.8 Å². The van der Waals surface area contributed by atoms with E-state index >= 15 is 0 Å². The fraction of sp³-hybridized carbons (Fsp3) is 0.353. The number of furan rings is 1. The lowest BCUT2D eigenvalue weighted by Gasteiger charge is -2.11. The predicted molar refractivity (Wildman–Crippen MR) is 79.5 cm³/mol. The highest BCUT2D eigenvalue weighted by molar-refractivity contribution is 5.90. The Morgan fingerprint density at radius 3 is 2.50 bits per heavy atom. The van der Waals surface area contributed by atoms with E-state index in [0.29, 0.717) is 29.4 Å². The summed E-state index contributed by atoms with van der Waals surface area (Å²) < 4.78 is 26.3. The molecule has 0 aliphatic carbocycles. The Kier molecular flexibility index (Phi) is 3.53. The fourth-order valence-electron chi connectivity index (χ4n) is 2.46. The maximum atomic E-state index is 13.0. The molecule has 1 aromatic heterocycles. The molecule has 0 saturated heterocycles. The maximum Gasteiger partial charge on any atom is 0.407 e. The van der Waals surface area contributed by atoms with Gasteiger partial charge in [0.15, 0.2) is 12.1 Å². The van der Waals surface area contributed by atoms with Gasteiger partial charge in [0, 0.05) is 19.4 Å². The fourth-order valence-corrected chi connectivity index (χ4v) is 2.46. The first-order valence-electron chi connectivity index (χ1n) is 7.15. The maximum absolute atomic E-state index is 13.0. The lowest BCUT2D eigenvalue weighted by molar-refractivity contribution is -0.562. The predicted octanol–water partition coefficient (Wildman–Crippen LogP) is 2.70. The minimum absolute atomic E-state index is 0.139. The second-order valence-electron chi connectivity index (χ2n) is 6.12. The lowest BCUT2D eigenvalue weighted by Crippen LogP contribution is -2.33. The summed E-state index contributed by atoms with van der Waals surface area (Å²) in [4.78, 5) is 0. The zero-order valence-electron chi connectivity index (χ0n) is 12.8. The number of aliphatic hydroxyl groups is 1. The van der Waals surface area contributed by atoms with Crippen molar-refractivity contribution in [1.29, 1.82) is 0 Å². The van der Waals surface area contributed by atoms with Gasteiger partial charge in [0.05, 0.1) is 6.26 Å². The molecule has 0 bridgehead atoms. The van der Waals surface area contributed by atoms with Gasteiger partial charge in [-0.15, -0.1) is 0 Å². The number of nitrogens with zero attached hydrogens (tertiary/aromatic N) is 1. The quantitative estimate of drug-likeness (QED) is 0.887. The monoisotopic (exact) mass is 304 g/mol. The Bertz CT molecular complexity index is 716. The molecule has 3 rings (SSSR count). The summed E-state index contributed by atoms with van der Waals surface area (Å²) in [6.07, 6.45) is 0.620. The normalized spacial score (nSPS) is 18.4. The van der Waals surface area contributed by atoms with E-state index in [1.54, 1.807) is 18.2 Å². The summed E-state index contributed by atoms with van der Waals surface area (Å²) >= 11 is 0. The summed E-state index contributed by atoms with van der Waals surface area (Å²) in [5.41, 5.74) is 1.07. The molecule has 1 aliphatic heterocycles. The first-order chi connectivity index (χ1) is 10.4. The molecule has 1 unspecified atom stereocenters. The van der Waals surface area contributed by atoms with E-state index in [4.69, 9.17) is 9.15 Å². The molecule has 1 aromatic carbocycles. The lowest BCUT2D eigenvalue weighted by atomic mass is 10.0. The molecular weight excluding hydrogens is 285 g/mol. The van der Waals surface area contributed by atoms with Crippen molar-refractivity contribution in [3.63, 3.8) is 0 Å². The molecule has 2 aromatic rings. The third kappa shape index (κ3) is 2.41. The van der Waals surface area contributed by atoms with Crippen LogP contribution in [-0.4, -0.2) is 34.8 Å². The number of halogens is 1. The van der Waals surface area contributed by atoms with Gasteiger partial charge < -0.3 is 14.3 Å². The van der Waals surface area contributed by atoms with Crippen LogP contribution < -0.4 is 0 Å². The molecule has 0 radical (unpaired) electrons. The van der Waals surface area contributed by atoms with E-state index in [0.717, 1.165) is 0 Å². The van der Waals surface area contributed by atoms with Crippen LogP contribution in [0, 0.1) is 5.82 Å². The van der Waals surface area contributed by atoms with Gasteiger partial charge in [0.2, 0.25) is 5.76 Å². The van der Waals surface area contributed by atoms with Crippen molar-refractivity contribution in [3.05, 3.63) is 59.3 Å². The highest BCUT2D eigenvalue weighted by Crippen LogP contribution is 2.29. The third-order valence-corrected chi connectivity index (χ3v) is 4.14. The van der Waals surface area contributed by atoms with Crippen molar-refractivity contribution in [2.24, 2.45) is 0 Å². The van der Waals surface area contributed by atoms with Gasteiger partial charge in [-0.05, 0) is 23.8 Å². The zero-order valence-corrected chi connectivity index (χ0v) is 12.8. The van der Waals surface area contributed by atoms with E-state index < -0.39 is 6.10 Å². The Hall–Kier alpha value is -2.14. The largest absolute Gasteiger partial charge is 0.454 e. The van der Waals surface area contributed by atoms with E-state index in [9.17, 15) is 9.50 Å². The third-order valence-electron chi connectivity index (χ3n) is 4.14. The summed E-state index contributed by atoms with van der Waals surface area (Å²) in [5, 5.41) is 10.6. The van der Waals surface area contributed by atoms with Crippen molar-refractivity contribution in [2.45, 2.75) is 25.5 Å². The van der Waals surface area contributed by atoms with Gasteiger partial charge in [-0.3, -0.25) is 0 Å². The second-order valence-corrected chi connectivity index (χ2v) is 6.12. The SMILES string of the molecule is C[N+]1=C(c2occc2C(O)c2ccc(F)cc2)OCC1(C)C. The van der Waals surface area contributed by atoms with Crippen LogP contribution >= 0.6 is 0 Å². The number of ether oxygens (including phenoxy) is 1. The van der Waals surface area contributed by atoms with Crippen molar-refractivity contribution in [2.75, 3.05) is 13.7 Å². The summed E-state index contributed by atoms with van der Waals surface area (Å²) in [6.45, 7) is 4.68. The average Bonchev–Trinajstić information content (AvgIpc) is 3.05. The van der Waals surface area contributed by atoms with Crippen LogP contribution in [0.15, 0.2) is 41.0 Å². The molecule has 1 aliphatic rings. The van der Waals surface area contributed by atoms with Crippen molar-refractivity contribution < 1.29 is 23.2 Å². The highest BCUT2D eigenvalue weighted by atomic mass is 19.1. The molecule has 116 valence electrons. The summed E-state index contributed by atoms with van der Waals surface area (Å²) in [7, 11) is 1.93. The number of hydrogen-bond acceptors (Lipinski definition) is 3. The van der Waals surface area contributed by atoms with E-state index in [2.05, 4.69) is 13.8 Å². The Balaban J connectivity index is 2.00. The molecule has 0 spiro atoms. The molecule has 0 fully saturated rings. The smallest absolute Gasteiger partial charge is 0.407 e. The highest BCUT2D eigenvalue weighted by Gasteiger charge is 2.43. The van der Waals surface area contributed by atoms with E-state index in [-0.39, 0.29) is 11.4 Å². The Morgan fingerprint density at radius 1 is 1.23 bits per heavy atom. The van der Waals surface area contributed by atoms with E-state index in [1.165, 1.54) is 18.4 Å². The molecular formula is C17H19FNO3+. The average molecular weight is 304 g/mol. The molecule has 2 heterocycles. The standard InChI is InChI=1S/C17H19FNO3/c1-17(2)10-22-16(19(17)3)15-13(8-9-21-15)14(20)11-4-6-12(18)7-5-11/h4-9,14,20H,10H2,1-3H3/q+1. The van der Waals surface area contributed by atoms with Crippen LogP contribution in [0.2, 0.25) is 0 Å². The number of hydrogen-bond donors (Lipinski definition) is 1. The second kappa shape index (κ2) is 5.25. The van der Waals surface area contributed by atoms with Crippen LogP contribution in [0.5, 0.6) is 0 Å². The van der Waals surface area contributed by atoms with Crippen LogP contribution in [-0.2, 0) is 4.74 Å². The molecule has 0 amide bonds. The summed E-state index contributed by atoms with van der Waals surface area (Å²) in [5.74, 6) is 0.773. The Labute approximate surface area is 128 Å². The molecule has 1 atom stereocenters. The number of benzene rings is 1. The molecule has 4 nitrogen and oxygen atoms in total. The summed E-state index contributed by atoms with van der Waals surface area (Å²) in [6, 6.07) is 7.48. The first kappa shape index (κ1) is 14.8. The first-order valence-corrected chi connectivity index (χ1v) is 7.15. The topological polar surface area (TPSA) is 45.6 Å². The Morgan fingerprint density at radius 2 is 1.91 bits per heavy atom. The van der Waals surface area contributed by atoms with Gasteiger partial charge in [-0.2, -0.15) is 4.58 Å². The van der Waals surface area contributed by atoms with Crippen LogP contribution in [0.4, 0.5) is 4.39 Å². The van der Waals surface area contributed by atoms with Gasteiger partial charge in [-0.25, -0.2) is 4.39 Å². The minimum Gasteiger partial charge on any atom is -0.454 e. The van der Waals surface area contributed by atoms with Crippen LogP contribution in [0.25, 0.3) is 0 Å². The number of aliphatic hydroxyl groups excluding tert-OH is 1. The van der Waals surface area contributed by atoms with Gasteiger partial charge >= 0.3 is 5.90 Å². The van der Waals surface area contributed by atoms with Crippen LogP contribution in [0.3, 0.4) is 0 Å². The van der Waals surface area contributed by atoms with E-state index in [1.807, 2.05) is 11.6 Å². The number of rotatable bonds is 3. The van der Waals surface area contributed by atoms with Gasteiger partial charge in [-0.1, -0.05) is 12.1 Å². The van der Waals surface area contributed by atoms with Crippen molar-refractivity contribution in [3.8, 4) is 0 Å². The molecule has 0 saturated carbocycles. The van der Waals surface area contributed by atoms with Gasteiger partial charge in [0.1, 0.15) is 19.0 Å². The van der Waals surface area contributed by atoms with Crippen molar-refractivity contribution in [1.82, 2.24) is 0 Å². The minimum atomic E-state index is -0.900. The molecule has 1 N–H and O–H groups in total. The van der Waals surface area contributed by atoms with Gasteiger partial charge in [0.25, 0.3) is 0 Å².